The highest BCUT2D eigenvalue weighted by atomic mass is 32.2. The third kappa shape index (κ3) is 4.87. The third-order valence-corrected chi connectivity index (χ3v) is 4.12. The van der Waals surface area contributed by atoms with Crippen LogP contribution in [0.1, 0.15) is 6.42 Å². The van der Waals surface area contributed by atoms with Crippen LogP contribution in [0.15, 0.2) is 22.8 Å². The van der Waals surface area contributed by atoms with Gasteiger partial charge in [-0.2, -0.15) is 5.10 Å². The molecule has 0 spiro atoms. The highest BCUT2D eigenvalue weighted by Gasteiger charge is 2.06. The van der Waals surface area contributed by atoms with E-state index in [-0.39, 0.29) is 5.75 Å². The average molecular weight is 299 g/mol. The van der Waals surface area contributed by atoms with Crippen molar-refractivity contribution in [3.63, 3.8) is 0 Å². The van der Waals surface area contributed by atoms with Crippen LogP contribution in [-0.4, -0.2) is 43.4 Å². The van der Waals surface area contributed by atoms with Gasteiger partial charge in [-0.25, -0.2) is 0 Å². The number of carboxylic acids is 1. The van der Waals surface area contributed by atoms with Crippen molar-refractivity contribution >= 4 is 34.2 Å². The Kier molecular flexibility index (Phi) is 5.16. The van der Waals surface area contributed by atoms with Crippen LogP contribution in [0.3, 0.4) is 0 Å². The number of carbonyl (C=O) groups is 1. The van der Waals surface area contributed by atoms with Crippen LogP contribution in [-0.2, 0) is 11.3 Å². The van der Waals surface area contributed by atoms with Gasteiger partial charge in [-0.3, -0.25) is 9.48 Å². The van der Waals surface area contributed by atoms with Crippen molar-refractivity contribution in [1.82, 2.24) is 20.0 Å². The molecule has 2 heterocycles. The van der Waals surface area contributed by atoms with Crippen LogP contribution in [0, 0.1) is 0 Å². The zero-order valence-electron chi connectivity index (χ0n) is 10.0. The van der Waals surface area contributed by atoms with Crippen molar-refractivity contribution in [2.24, 2.45) is 0 Å². The lowest BCUT2D eigenvalue weighted by atomic mass is 10.4. The molecule has 0 fully saturated rings. The second kappa shape index (κ2) is 7.10. The van der Waals surface area contributed by atoms with E-state index in [4.69, 9.17) is 5.11 Å². The maximum atomic E-state index is 10.4. The summed E-state index contributed by atoms with van der Waals surface area (Å²) in [4.78, 5) is 10.4. The Bertz CT molecular complexity index is 514. The topological polar surface area (TPSA) is 92.9 Å². The lowest BCUT2D eigenvalue weighted by Gasteiger charge is -2.02. The van der Waals surface area contributed by atoms with Gasteiger partial charge in [-0.15, -0.1) is 10.2 Å². The fourth-order valence-corrected chi connectivity index (χ4v) is 2.83. The van der Waals surface area contributed by atoms with E-state index >= 15 is 0 Å². The van der Waals surface area contributed by atoms with Gasteiger partial charge in [-0.05, 0) is 12.5 Å². The molecule has 7 nitrogen and oxygen atoms in total. The molecule has 2 aromatic heterocycles. The van der Waals surface area contributed by atoms with Gasteiger partial charge in [0.05, 0.1) is 5.75 Å². The fourth-order valence-electron chi connectivity index (χ4n) is 1.33. The predicted molar refractivity (Wildman–Crippen MR) is 73.6 cm³/mol. The van der Waals surface area contributed by atoms with Crippen molar-refractivity contribution < 1.29 is 9.90 Å². The van der Waals surface area contributed by atoms with Gasteiger partial charge in [-0.1, -0.05) is 23.1 Å². The molecule has 2 aromatic rings. The predicted octanol–water partition coefficient (Wildman–Crippen LogP) is 1.41. The van der Waals surface area contributed by atoms with Gasteiger partial charge >= 0.3 is 5.97 Å². The van der Waals surface area contributed by atoms with Crippen molar-refractivity contribution in [2.75, 3.05) is 17.6 Å². The molecular weight excluding hydrogens is 286 g/mol. The highest BCUT2D eigenvalue weighted by Crippen LogP contribution is 2.25. The van der Waals surface area contributed by atoms with E-state index in [2.05, 4.69) is 20.6 Å². The van der Waals surface area contributed by atoms with E-state index < -0.39 is 5.97 Å². The molecule has 0 bridgehead atoms. The normalized spacial score (nSPS) is 10.5. The second-order valence-electron chi connectivity index (χ2n) is 3.61. The molecule has 0 aliphatic rings. The zero-order chi connectivity index (χ0) is 13.5. The van der Waals surface area contributed by atoms with Crippen LogP contribution < -0.4 is 5.32 Å². The van der Waals surface area contributed by atoms with Gasteiger partial charge in [0.15, 0.2) is 4.34 Å². The molecule has 0 unspecified atom stereocenters. The first kappa shape index (κ1) is 13.8. The van der Waals surface area contributed by atoms with Gasteiger partial charge in [0.1, 0.15) is 0 Å². The number of aliphatic carboxylic acids is 1. The molecule has 0 atom stereocenters. The molecule has 0 amide bonds. The van der Waals surface area contributed by atoms with Crippen LogP contribution >= 0.6 is 23.1 Å². The quantitative estimate of drug-likeness (QED) is 0.562. The number of aromatic nitrogens is 4. The number of rotatable bonds is 8. The molecule has 0 radical (unpaired) electrons. The fraction of sp³-hybridized carbons (Fsp3) is 0.400. The van der Waals surface area contributed by atoms with Gasteiger partial charge in [0.2, 0.25) is 5.13 Å². The number of anilines is 1. The number of hydrogen-bond acceptors (Lipinski definition) is 7. The summed E-state index contributed by atoms with van der Waals surface area (Å²) in [6.07, 6.45) is 4.61. The lowest BCUT2D eigenvalue weighted by molar-refractivity contribution is -0.133. The summed E-state index contributed by atoms with van der Waals surface area (Å²) in [7, 11) is 0. The van der Waals surface area contributed by atoms with E-state index in [0.717, 1.165) is 19.5 Å². The number of aryl methyl sites for hydroxylation is 1. The Morgan fingerprint density at radius 3 is 3.16 bits per heavy atom. The summed E-state index contributed by atoms with van der Waals surface area (Å²) in [6, 6.07) is 1.89. The summed E-state index contributed by atoms with van der Waals surface area (Å²) < 4.78 is 2.53. The summed E-state index contributed by atoms with van der Waals surface area (Å²) >= 11 is 2.54. The standard InChI is InChI=1S/C10H13N5O2S2/c16-8(17)7-18-10-14-13-9(19-10)11-3-1-5-15-6-2-4-12-15/h2,4,6H,1,3,5,7H2,(H,11,13)(H,16,17). The molecule has 2 N–H and O–H groups in total. The lowest BCUT2D eigenvalue weighted by Crippen LogP contribution is -2.06. The Morgan fingerprint density at radius 2 is 2.42 bits per heavy atom. The Labute approximate surface area is 118 Å². The summed E-state index contributed by atoms with van der Waals surface area (Å²) in [5.74, 6) is -0.845. The van der Waals surface area contributed by atoms with Crippen LogP contribution in [0.25, 0.3) is 0 Å². The van der Waals surface area contributed by atoms with E-state index in [1.54, 1.807) is 6.20 Å². The molecule has 102 valence electrons. The van der Waals surface area contributed by atoms with Crippen LogP contribution in [0.4, 0.5) is 5.13 Å². The molecule has 0 aliphatic heterocycles. The van der Waals surface area contributed by atoms with Crippen molar-refractivity contribution in [2.45, 2.75) is 17.3 Å². The first-order valence-corrected chi connectivity index (χ1v) is 7.43. The molecule has 0 aliphatic carbocycles. The van der Waals surface area contributed by atoms with Gasteiger partial charge in [0.25, 0.3) is 0 Å². The SMILES string of the molecule is O=C(O)CSc1nnc(NCCCn2cccn2)s1. The Hall–Kier alpha value is -1.61. The minimum Gasteiger partial charge on any atom is -0.481 e. The molecule has 19 heavy (non-hydrogen) atoms. The minimum absolute atomic E-state index is 0.00787. The van der Waals surface area contributed by atoms with E-state index in [9.17, 15) is 4.79 Å². The largest absolute Gasteiger partial charge is 0.481 e. The summed E-state index contributed by atoms with van der Waals surface area (Å²) in [5, 5.41) is 24.4. The van der Waals surface area contributed by atoms with Crippen LogP contribution in [0.5, 0.6) is 0 Å². The monoisotopic (exact) mass is 299 g/mol. The third-order valence-electron chi connectivity index (χ3n) is 2.12. The number of nitrogens with one attached hydrogen (secondary N) is 1. The van der Waals surface area contributed by atoms with Crippen LogP contribution in [0.2, 0.25) is 0 Å². The number of carboxylic acid groups (broad SMARTS) is 1. The summed E-state index contributed by atoms with van der Waals surface area (Å²) in [6.45, 7) is 1.62. The summed E-state index contributed by atoms with van der Waals surface area (Å²) in [5.41, 5.74) is 0. The van der Waals surface area contributed by atoms with E-state index in [1.165, 1.54) is 23.1 Å². The number of hydrogen-bond donors (Lipinski definition) is 2. The van der Waals surface area contributed by atoms with E-state index in [1.807, 2.05) is 16.9 Å². The van der Waals surface area contributed by atoms with Crippen molar-refractivity contribution in [1.29, 1.82) is 0 Å². The smallest absolute Gasteiger partial charge is 0.313 e. The first-order chi connectivity index (χ1) is 9.24. The molecule has 9 heteroatoms. The van der Waals surface area contributed by atoms with Gasteiger partial charge in [0, 0.05) is 25.5 Å². The molecule has 2 rings (SSSR count). The Morgan fingerprint density at radius 1 is 1.53 bits per heavy atom. The molecule has 0 aromatic carbocycles. The molecule has 0 saturated heterocycles. The maximum Gasteiger partial charge on any atom is 0.313 e. The second-order valence-corrected chi connectivity index (χ2v) is 5.80. The first-order valence-electron chi connectivity index (χ1n) is 5.63. The van der Waals surface area contributed by atoms with Crippen molar-refractivity contribution in [3.8, 4) is 0 Å². The number of nitrogens with zero attached hydrogens (tertiary/aromatic N) is 4. The van der Waals surface area contributed by atoms with Crippen molar-refractivity contribution in [3.05, 3.63) is 18.5 Å². The molecule has 0 saturated carbocycles. The zero-order valence-corrected chi connectivity index (χ0v) is 11.7. The highest BCUT2D eigenvalue weighted by molar-refractivity contribution is 8.01. The Balaban J connectivity index is 1.67. The minimum atomic E-state index is -0.853. The average Bonchev–Trinajstić information content (AvgIpc) is 3.04. The molecular formula is C10H13N5O2S2. The maximum absolute atomic E-state index is 10.4. The number of thioether (sulfide) groups is 1. The van der Waals surface area contributed by atoms with E-state index in [0.29, 0.717) is 9.47 Å². The van der Waals surface area contributed by atoms with Gasteiger partial charge < -0.3 is 10.4 Å².